The Labute approximate surface area is 107 Å². The van der Waals surface area contributed by atoms with Crippen molar-refractivity contribution in [3.8, 4) is 0 Å². The van der Waals surface area contributed by atoms with E-state index in [0.29, 0.717) is 6.61 Å². The second-order valence-corrected chi connectivity index (χ2v) is 4.94. The van der Waals surface area contributed by atoms with Crippen molar-refractivity contribution in [2.75, 3.05) is 26.1 Å². The summed E-state index contributed by atoms with van der Waals surface area (Å²) in [6.07, 6.45) is 1.99. The maximum absolute atomic E-state index is 11.9. The Bertz CT molecular complexity index is 341. The first-order valence-electron chi connectivity index (χ1n) is 5.51. The van der Waals surface area contributed by atoms with E-state index in [0.717, 1.165) is 11.3 Å². The van der Waals surface area contributed by atoms with Crippen LogP contribution in [0.5, 0.6) is 0 Å². The van der Waals surface area contributed by atoms with Gasteiger partial charge in [0.05, 0.1) is 0 Å². The second kappa shape index (κ2) is 7.35. The lowest BCUT2D eigenvalue weighted by Crippen LogP contribution is -2.39. The highest BCUT2D eigenvalue weighted by Crippen LogP contribution is 2.07. The van der Waals surface area contributed by atoms with E-state index >= 15 is 0 Å². The summed E-state index contributed by atoms with van der Waals surface area (Å²) >= 11 is 1.65. The summed E-state index contributed by atoms with van der Waals surface area (Å²) in [6, 6.07) is 9.55. The van der Waals surface area contributed by atoms with Crippen molar-refractivity contribution in [2.24, 2.45) is 0 Å². The molecule has 1 aromatic carbocycles. The van der Waals surface area contributed by atoms with Gasteiger partial charge in [-0.1, -0.05) is 30.3 Å². The van der Waals surface area contributed by atoms with Gasteiger partial charge in [0.15, 0.2) is 0 Å². The van der Waals surface area contributed by atoms with Gasteiger partial charge in [0.25, 0.3) is 0 Å². The van der Waals surface area contributed by atoms with E-state index in [2.05, 4.69) is 0 Å². The van der Waals surface area contributed by atoms with Crippen molar-refractivity contribution >= 4 is 17.7 Å². The van der Waals surface area contributed by atoms with Gasteiger partial charge in [0.1, 0.15) is 12.6 Å². The molecule has 1 aromatic rings. The molecule has 1 atom stereocenters. The molecule has 0 saturated carbocycles. The van der Waals surface area contributed by atoms with Crippen LogP contribution >= 0.6 is 11.8 Å². The van der Waals surface area contributed by atoms with Crippen molar-refractivity contribution in [2.45, 2.75) is 12.6 Å². The molecule has 4 heteroatoms. The van der Waals surface area contributed by atoms with Crippen LogP contribution < -0.4 is 0 Å². The molecule has 0 bridgehead atoms. The number of hydrogen-bond donors (Lipinski definition) is 0. The van der Waals surface area contributed by atoms with Crippen molar-refractivity contribution in [3.05, 3.63) is 35.9 Å². The van der Waals surface area contributed by atoms with Gasteiger partial charge in [0.2, 0.25) is 0 Å². The van der Waals surface area contributed by atoms with E-state index in [1.54, 1.807) is 11.8 Å². The minimum absolute atomic E-state index is 0.159. The van der Waals surface area contributed by atoms with Crippen LogP contribution in [0.2, 0.25) is 0 Å². The second-order valence-electron chi connectivity index (χ2n) is 4.03. The monoisotopic (exact) mass is 253 g/mol. The fourth-order valence-corrected chi connectivity index (χ4v) is 2.16. The van der Waals surface area contributed by atoms with Crippen molar-refractivity contribution in [1.82, 2.24) is 4.90 Å². The maximum Gasteiger partial charge on any atom is 0.324 e. The first-order chi connectivity index (χ1) is 8.15. The smallest absolute Gasteiger partial charge is 0.324 e. The summed E-state index contributed by atoms with van der Waals surface area (Å²) in [5.74, 6) is 0.592. The van der Waals surface area contributed by atoms with Crippen LogP contribution in [0.15, 0.2) is 30.3 Å². The number of likely N-dealkylation sites (N-methyl/N-ethyl adjacent to an activating group) is 1. The number of rotatable bonds is 6. The predicted octanol–water partition coefficient (Wildman–Crippen LogP) is 2.02. The zero-order chi connectivity index (χ0) is 12.7. The minimum Gasteiger partial charge on any atom is -0.460 e. The molecule has 0 spiro atoms. The molecule has 0 aliphatic heterocycles. The Hall–Kier alpha value is -1.00. The summed E-state index contributed by atoms with van der Waals surface area (Å²) in [6.45, 7) is 0.346. The summed E-state index contributed by atoms with van der Waals surface area (Å²) in [4.78, 5) is 13.8. The van der Waals surface area contributed by atoms with E-state index in [4.69, 9.17) is 4.74 Å². The van der Waals surface area contributed by atoms with E-state index in [-0.39, 0.29) is 12.0 Å². The van der Waals surface area contributed by atoms with Gasteiger partial charge in [-0.3, -0.25) is 9.69 Å². The van der Waals surface area contributed by atoms with Crippen LogP contribution in [0.4, 0.5) is 0 Å². The molecule has 0 aliphatic carbocycles. The Balaban J connectivity index is 2.47. The summed E-state index contributed by atoms with van der Waals surface area (Å²) < 4.78 is 5.31. The third kappa shape index (κ3) is 4.79. The molecule has 0 heterocycles. The van der Waals surface area contributed by atoms with Crippen LogP contribution in [0.1, 0.15) is 5.56 Å². The fourth-order valence-electron chi connectivity index (χ4n) is 1.41. The third-order valence-corrected chi connectivity index (χ3v) is 3.09. The van der Waals surface area contributed by atoms with Crippen LogP contribution in [0.3, 0.4) is 0 Å². The predicted molar refractivity (Wildman–Crippen MR) is 72.1 cm³/mol. The molecule has 1 unspecified atom stereocenters. The fraction of sp³-hybridized carbons (Fsp3) is 0.462. The largest absolute Gasteiger partial charge is 0.460 e. The lowest BCUT2D eigenvalue weighted by molar-refractivity contribution is -0.149. The van der Waals surface area contributed by atoms with Crippen LogP contribution in [-0.4, -0.2) is 43.0 Å². The van der Waals surface area contributed by atoms with E-state index in [9.17, 15) is 4.79 Å². The lowest BCUT2D eigenvalue weighted by atomic mass is 10.2. The summed E-state index contributed by atoms with van der Waals surface area (Å²) in [5, 5.41) is 0. The van der Waals surface area contributed by atoms with Crippen molar-refractivity contribution in [3.63, 3.8) is 0 Å². The number of carbonyl (C=O) groups excluding carboxylic acids is 1. The van der Waals surface area contributed by atoms with Gasteiger partial charge in [-0.2, -0.15) is 11.8 Å². The molecular weight excluding hydrogens is 234 g/mol. The molecule has 0 fully saturated rings. The summed E-state index contributed by atoms with van der Waals surface area (Å²) in [7, 11) is 3.79. The third-order valence-electron chi connectivity index (χ3n) is 2.44. The Morgan fingerprint density at radius 1 is 1.35 bits per heavy atom. The first kappa shape index (κ1) is 14.1. The van der Waals surface area contributed by atoms with Gasteiger partial charge < -0.3 is 4.74 Å². The molecule has 0 N–H and O–H groups in total. The highest BCUT2D eigenvalue weighted by molar-refractivity contribution is 7.98. The molecule has 0 amide bonds. The summed E-state index contributed by atoms with van der Waals surface area (Å²) in [5.41, 5.74) is 1.02. The molecule has 0 saturated heterocycles. The van der Waals surface area contributed by atoms with Crippen LogP contribution in [0.25, 0.3) is 0 Å². The molecule has 0 radical (unpaired) electrons. The lowest BCUT2D eigenvalue weighted by Gasteiger charge is -2.21. The van der Waals surface area contributed by atoms with Gasteiger partial charge >= 0.3 is 5.97 Å². The first-order valence-corrected chi connectivity index (χ1v) is 6.90. The highest BCUT2D eigenvalue weighted by Gasteiger charge is 2.21. The Kier molecular flexibility index (Phi) is 6.08. The van der Waals surface area contributed by atoms with E-state index < -0.39 is 0 Å². The number of hydrogen-bond acceptors (Lipinski definition) is 4. The standard InChI is InChI=1S/C13H19NO2S/c1-14(2)12(10-17-3)13(15)16-9-11-7-5-4-6-8-11/h4-8,12H,9-10H2,1-3H3. The molecule has 1 rings (SSSR count). The van der Waals surface area contributed by atoms with Crippen molar-refractivity contribution < 1.29 is 9.53 Å². The van der Waals surface area contributed by atoms with Gasteiger partial charge in [-0.15, -0.1) is 0 Å². The molecular formula is C13H19NO2S. The Morgan fingerprint density at radius 3 is 2.53 bits per heavy atom. The van der Waals surface area contributed by atoms with E-state index in [1.165, 1.54) is 0 Å². The molecule has 17 heavy (non-hydrogen) atoms. The van der Waals surface area contributed by atoms with Crippen LogP contribution in [0, 0.1) is 0 Å². The van der Waals surface area contributed by atoms with Gasteiger partial charge in [-0.05, 0) is 25.9 Å². The number of benzene rings is 1. The van der Waals surface area contributed by atoms with Crippen LogP contribution in [-0.2, 0) is 16.1 Å². The Morgan fingerprint density at radius 2 is 2.00 bits per heavy atom. The van der Waals surface area contributed by atoms with Gasteiger partial charge in [0, 0.05) is 5.75 Å². The zero-order valence-electron chi connectivity index (χ0n) is 10.6. The zero-order valence-corrected chi connectivity index (χ0v) is 11.4. The van der Waals surface area contributed by atoms with Crippen molar-refractivity contribution in [1.29, 1.82) is 0 Å². The number of carbonyl (C=O) groups is 1. The average Bonchev–Trinajstić information content (AvgIpc) is 2.34. The van der Waals surface area contributed by atoms with Gasteiger partial charge in [-0.25, -0.2) is 0 Å². The highest BCUT2D eigenvalue weighted by atomic mass is 32.2. The normalized spacial score (nSPS) is 12.5. The number of thioether (sulfide) groups is 1. The molecule has 3 nitrogen and oxygen atoms in total. The topological polar surface area (TPSA) is 29.5 Å². The molecule has 94 valence electrons. The molecule has 0 aliphatic rings. The SMILES string of the molecule is CSCC(C(=O)OCc1ccccc1)N(C)C. The van der Waals surface area contributed by atoms with E-state index in [1.807, 2.05) is 55.6 Å². The molecule has 0 aromatic heterocycles. The minimum atomic E-state index is -0.172. The number of esters is 1. The quantitative estimate of drug-likeness (QED) is 0.726. The number of nitrogens with zero attached hydrogens (tertiary/aromatic N) is 1. The average molecular weight is 253 g/mol. The number of ether oxygens (including phenoxy) is 1. The maximum atomic E-state index is 11.9.